The van der Waals surface area contributed by atoms with Crippen molar-refractivity contribution in [2.24, 2.45) is 0 Å². The van der Waals surface area contributed by atoms with Gasteiger partial charge in [-0.1, -0.05) is 54.2 Å². The summed E-state index contributed by atoms with van der Waals surface area (Å²) in [6.07, 6.45) is 0.660. The van der Waals surface area contributed by atoms with Crippen molar-refractivity contribution in [3.8, 4) is 17.1 Å². The molecule has 1 fully saturated rings. The first-order valence-electron chi connectivity index (χ1n) is 8.88. The van der Waals surface area contributed by atoms with E-state index in [0.29, 0.717) is 6.42 Å². The monoisotopic (exact) mass is 399 g/mol. The Hall–Kier alpha value is -2.12. The van der Waals surface area contributed by atoms with Crippen molar-refractivity contribution >= 4 is 21.6 Å². The molecule has 1 atom stereocenters. The number of thioether (sulfide) groups is 1. The van der Waals surface area contributed by atoms with Crippen LogP contribution in [0, 0.1) is 13.8 Å². The molecule has 1 unspecified atom stereocenters. The first kappa shape index (κ1) is 18.3. The molecule has 2 heterocycles. The molecular formula is C20H21N3O2S2. The van der Waals surface area contributed by atoms with E-state index in [2.05, 4.69) is 46.8 Å². The van der Waals surface area contributed by atoms with Crippen LogP contribution in [0.1, 0.15) is 17.5 Å². The highest BCUT2D eigenvalue weighted by Crippen LogP contribution is 2.35. The summed E-state index contributed by atoms with van der Waals surface area (Å²) in [6.45, 7) is 4.13. The number of sulfone groups is 1. The van der Waals surface area contributed by atoms with Gasteiger partial charge in [-0.05, 0) is 37.5 Å². The van der Waals surface area contributed by atoms with Gasteiger partial charge in [-0.25, -0.2) is 8.42 Å². The van der Waals surface area contributed by atoms with Crippen LogP contribution in [0.15, 0.2) is 53.7 Å². The van der Waals surface area contributed by atoms with Crippen LogP contribution in [-0.2, 0) is 9.84 Å². The number of aryl methyl sites for hydroxylation is 2. The first-order chi connectivity index (χ1) is 12.9. The molecule has 0 N–H and O–H groups in total. The lowest BCUT2D eigenvalue weighted by Crippen LogP contribution is -2.09. The maximum atomic E-state index is 11.9. The summed E-state index contributed by atoms with van der Waals surface area (Å²) in [4.78, 5) is 0. The molecule has 140 valence electrons. The van der Waals surface area contributed by atoms with Crippen molar-refractivity contribution in [2.45, 2.75) is 30.7 Å². The fourth-order valence-corrected chi connectivity index (χ4v) is 6.80. The Morgan fingerprint density at radius 1 is 1.07 bits per heavy atom. The highest BCUT2D eigenvalue weighted by molar-refractivity contribution is 8.01. The standard InChI is InChI=1S/C20H21N3O2S2/c1-14-8-9-15(2)18(12-14)23-19(16-6-4-3-5-7-16)21-22-20(23)26-17-10-11-27(24,25)13-17/h3-9,12,17H,10-11,13H2,1-2H3. The molecule has 7 heteroatoms. The third kappa shape index (κ3) is 3.80. The van der Waals surface area contributed by atoms with Crippen LogP contribution in [0.3, 0.4) is 0 Å². The van der Waals surface area contributed by atoms with E-state index >= 15 is 0 Å². The van der Waals surface area contributed by atoms with Gasteiger partial charge in [0.1, 0.15) is 0 Å². The molecule has 1 aromatic heterocycles. The van der Waals surface area contributed by atoms with Crippen molar-refractivity contribution in [2.75, 3.05) is 11.5 Å². The van der Waals surface area contributed by atoms with Gasteiger partial charge in [0.25, 0.3) is 0 Å². The summed E-state index contributed by atoms with van der Waals surface area (Å²) < 4.78 is 25.8. The van der Waals surface area contributed by atoms with Gasteiger partial charge in [0.15, 0.2) is 20.8 Å². The Balaban J connectivity index is 1.82. The van der Waals surface area contributed by atoms with Crippen molar-refractivity contribution in [1.29, 1.82) is 0 Å². The summed E-state index contributed by atoms with van der Waals surface area (Å²) >= 11 is 1.52. The molecule has 3 aromatic rings. The summed E-state index contributed by atoms with van der Waals surface area (Å²) in [5.41, 5.74) is 4.29. The van der Waals surface area contributed by atoms with E-state index < -0.39 is 9.84 Å². The first-order valence-corrected chi connectivity index (χ1v) is 11.6. The zero-order chi connectivity index (χ0) is 19.0. The van der Waals surface area contributed by atoms with Crippen molar-refractivity contribution in [3.05, 3.63) is 59.7 Å². The van der Waals surface area contributed by atoms with Gasteiger partial charge in [0, 0.05) is 10.8 Å². The SMILES string of the molecule is Cc1ccc(C)c(-n2c(SC3CCS(=O)(=O)C3)nnc2-c2ccccc2)c1. The Morgan fingerprint density at radius 2 is 1.85 bits per heavy atom. The van der Waals surface area contributed by atoms with E-state index in [-0.39, 0.29) is 16.8 Å². The molecule has 0 amide bonds. The van der Waals surface area contributed by atoms with E-state index in [1.165, 1.54) is 11.8 Å². The van der Waals surface area contributed by atoms with Crippen LogP contribution in [0.25, 0.3) is 17.1 Å². The summed E-state index contributed by atoms with van der Waals surface area (Å²) in [6, 6.07) is 16.3. The molecule has 1 aliphatic rings. The lowest BCUT2D eigenvalue weighted by Gasteiger charge is -2.15. The number of aromatic nitrogens is 3. The average Bonchev–Trinajstić information content (AvgIpc) is 3.21. The average molecular weight is 400 g/mol. The van der Waals surface area contributed by atoms with Gasteiger partial charge < -0.3 is 0 Å². The molecular weight excluding hydrogens is 378 g/mol. The van der Waals surface area contributed by atoms with Crippen LogP contribution in [0.5, 0.6) is 0 Å². The Kier molecular flexibility index (Phi) is 4.82. The number of hydrogen-bond acceptors (Lipinski definition) is 5. The van der Waals surface area contributed by atoms with Crippen LogP contribution in [-0.4, -0.2) is 39.9 Å². The minimum atomic E-state index is -2.93. The fraction of sp³-hybridized carbons (Fsp3) is 0.300. The molecule has 0 bridgehead atoms. The predicted octanol–water partition coefficient (Wildman–Crippen LogP) is 3.83. The van der Waals surface area contributed by atoms with Gasteiger partial charge in [0.05, 0.1) is 17.2 Å². The maximum absolute atomic E-state index is 11.9. The Bertz CT molecular complexity index is 1080. The molecule has 0 aliphatic carbocycles. The van der Waals surface area contributed by atoms with Crippen LogP contribution in [0.4, 0.5) is 0 Å². The van der Waals surface area contributed by atoms with E-state index in [0.717, 1.165) is 33.4 Å². The summed E-state index contributed by atoms with van der Waals surface area (Å²) in [7, 11) is -2.93. The van der Waals surface area contributed by atoms with E-state index in [9.17, 15) is 8.42 Å². The molecule has 0 spiro atoms. The van der Waals surface area contributed by atoms with Crippen molar-refractivity contribution in [3.63, 3.8) is 0 Å². The minimum absolute atomic E-state index is 0.0201. The van der Waals surface area contributed by atoms with E-state index in [1.54, 1.807) is 0 Å². The van der Waals surface area contributed by atoms with Gasteiger partial charge in [0.2, 0.25) is 0 Å². The summed E-state index contributed by atoms with van der Waals surface area (Å²) in [5, 5.41) is 9.65. The minimum Gasteiger partial charge on any atom is -0.270 e. The Labute approximate surface area is 163 Å². The topological polar surface area (TPSA) is 64.8 Å². The fourth-order valence-electron chi connectivity index (χ4n) is 3.30. The molecule has 5 nitrogen and oxygen atoms in total. The molecule has 1 aliphatic heterocycles. The lowest BCUT2D eigenvalue weighted by molar-refractivity contribution is 0.602. The third-order valence-electron chi connectivity index (χ3n) is 4.73. The second-order valence-electron chi connectivity index (χ2n) is 6.94. The van der Waals surface area contributed by atoms with Crippen molar-refractivity contribution < 1.29 is 8.42 Å². The number of hydrogen-bond donors (Lipinski definition) is 0. The number of nitrogens with zero attached hydrogens (tertiary/aromatic N) is 3. The Morgan fingerprint density at radius 3 is 2.56 bits per heavy atom. The summed E-state index contributed by atoms with van der Waals surface area (Å²) in [5.74, 6) is 1.24. The second-order valence-corrected chi connectivity index (χ2v) is 10.4. The van der Waals surface area contributed by atoms with Crippen molar-refractivity contribution in [1.82, 2.24) is 14.8 Å². The highest BCUT2D eigenvalue weighted by Gasteiger charge is 2.31. The molecule has 0 radical (unpaired) electrons. The van der Waals surface area contributed by atoms with Crippen LogP contribution in [0.2, 0.25) is 0 Å². The van der Waals surface area contributed by atoms with Gasteiger partial charge >= 0.3 is 0 Å². The van der Waals surface area contributed by atoms with Gasteiger partial charge in [-0.2, -0.15) is 0 Å². The predicted molar refractivity (Wildman–Crippen MR) is 109 cm³/mol. The smallest absolute Gasteiger partial charge is 0.196 e. The van der Waals surface area contributed by atoms with E-state index in [4.69, 9.17) is 0 Å². The lowest BCUT2D eigenvalue weighted by atomic mass is 10.1. The van der Waals surface area contributed by atoms with E-state index in [1.807, 2.05) is 30.3 Å². The maximum Gasteiger partial charge on any atom is 0.196 e. The third-order valence-corrected chi connectivity index (χ3v) is 7.92. The number of rotatable bonds is 4. The van der Waals surface area contributed by atoms with Crippen LogP contribution < -0.4 is 0 Å². The molecule has 27 heavy (non-hydrogen) atoms. The highest BCUT2D eigenvalue weighted by atomic mass is 32.2. The van der Waals surface area contributed by atoms with Gasteiger partial charge in [-0.15, -0.1) is 10.2 Å². The molecule has 2 aromatic carbocycles. The quantitative estimate of drug-likeness (QED) is 0.667. The number of benzene rings is 2. The zero-order valence-electron chi connectivity index (χ0n) is 15.3. The molecule has 4 rings (SSSR count). The van der Waals surface area contributed by atoms with Crippen LogP contribution >= 0.6 is 11.8 Å². The largest absolute Gasteiger partial charge is 0.270 e. The van der Waals surface area contributed by atoms with Gasteiger partial charge in [-0.3, -0.25) is 4.57 Å². The normalized spacial score (nSPS) is 18.7. The molecule has 0 saturated carbocycles. The second kappa shape index (κ2) is 7.13. The molecule has 1 saturated heterocycles. The zero-order valence-corrected chi connectivity index (χ0v) is 16.9.